The molecular weight excluding hydrogens is 164 g/mol. The van der Waals surface area contributed by atoms with Gasteiger partial charge in [0.2, 0.25) is 5.91 Å². The van der Waals surface area contributed by atoms with Gasteiger partial charge in [0.1, 0.15) is 0 Å². The predicted octanol–water partition coefficient (Wildman–Crippen LogP) is 1.13. The third-order valence-corrected chi connectivity index (χ3v) is 3.06. The second-order valence-corrected chi connectivity index (χ2v) is 4.02. The summed E-state index contributed by atoms with van der Waals surface area (Å²) in [5, 5.41) is 2.97. The molecule has 1 heterocycles. The van der Waals surface area contributed by atoms with Gasteiger partial charge in [0.15, 0.2) is 0 Å². The molecule has 0 saturated heterocycles. The Hall–Kier alpha value is -0.860. The van der Waals surface area contributed by atoms with Crippen LogP contribution in [0.1, 0.15) is 33.1 Å². The predicted molar refractivity (Wildman–Crippen MR) is 51.8 cm³/mol. The minimum absolute atomic E-state index is 0.0874. The van der Waals surface area contributed by atoms with Crippen LogP contribution in [0.4, 0.5) is 0 Å². The second kappa shape index (κ2) is 3.13. The van der Waals surface area contributed by atoms with Gasteiger partial charge in [-0.25, -0.2) is 0 Å². The van der Waals surface area contributed by atoms with E-state index in [2.05, 4.69) is 17.2 Å². The Morgan fingerprint density at radius 3 is 3.00 bits per heavy atom. The Morgan fingerprint density at radius 1 is 1.62 bits per heavy atom. The van der Waals surface area contributed by atoms with Gasteiger partial charge >= 0.3 is 0 Å². The first-order valence-electron chi connectivity index (χ1n) is 5.04. The molecule has 2 rings (SSSR count). The lowest BCUT2D eigenvalue weighted by Crippen LogP contribution is -2.32. The molecule has 1 aliphatic heterocycles. The standard InChI is InChI=1S/C10H16N2O/c1-3-9-8-4-7(11-6(2)13)5-10(8)12-9/h7-8,10H,3-5H2,1-2H3,(H,11,13). The zero-order valence-electron chi connectivity index (χ0n) is 8.21. The molecule has 0 aromatic heterocycles. The molecule has 3 atom stereocenters. The first-order valence-corrected chi connectivity index (χ1v) is 5.04. The van der Waals surface area contributed by atoms with E-state index in [0.29, 0.717) is 18.0 Å². The van der Waals surface area contributed by atoms with Crippen LogP contribution >= 0.6 is 0 Å². The summed E-state index contributed by atoms with van der Waals surface area (Å²) in [6.07, 6.45) is 3.23. The maximum absolute atomic E-state index is 10.8. The van der Waals surface area contributed by atoms with Crippen LogP contribution in [0.3, 0.4) is 0 Å². The van der Waals surface area contributed by atoms with E-state index in [9.17, 15) is 4.79 Å². The molecule has 0 aromatic rings. The van der Waals surface area contributed by atoms with Crippen molar-refractivity contribution in [1.82, 2.24) is 5.32 Å². The van der Waals surface area contributed by atoms with Crippen LogP contribution in [0.25, 0.3) is 0 Å². The summed E-state index contributed by atoms with van der Waals surface area (Å²) in [5.74, 6) is 0.770. The van der Waals surface area contributed by atoms with Gasteiger partial charge in [-0.05, 0) is 19.3 Å². The topological polar surface area (TPSA) is 41.5 Å². The quantitative estimate of drug-likeness (QED) is 0.680. The lowest BCUT2D eigenvalue weighted by Gasteiger charge is -2.27. The SMILES string of the molecule is CCC1=NC2CC(NC(C)=O)CC12. The highest BCUT2D eigenvalue weighted by Gasteiger charge is 2.42. The van der Waals surface area contributed by atoms with E-state index in [1.54, 1.807) is 6.92 Å². The van der Waals surface area contributed by atoms with Crippen LogP contribution in [0, 0.1) is 5.92 Å². The number of aliphatic imine (C=N–C) groups is 1. The van der Waals surface area contributed by atoms with Gasteiger partial charge in [-0.1, -0.05) is 6.92 Å². The fourth-order valence-electron chi connectivity index (χ4n) is 2.50. The molecule has 13 heavy (non-hydrogen) atoms. The molecule has 1 saturated carbocycles. The minimum atomic E-state index is 0.0874. The molecule has 1 N–H and O–H groups in total. The van der Waals surface area contributed by atoms with Gasteiger partial charge in [-0.15, -0.1) is 0 Å². The molecule has 72 valence electrons. The summed E-state index contributed by atoms with van der Waals surface area (Å²) < 4.78 is 0. The third-order valence-electron chi connectivity index (χ3n) is 3.06. The first-order chi connectivity index (χ1) is 6.20. The Balaban J connectivity index is 1.89. The number of amides is 1. The molecule has 0 bridgehead atoms. The number of nitrogens with one attached hydrogen (secondary N) is 1. The van der Waals surface area contributed by atoms with Crippen molar-refractivity contribution in [2.75, 3.05) is 0 Å². The highest BCUT2D eigenvalue weighted by Crippen LogP contribution is 2.37. The molecule has 2 aliphatic rings. The fraction of sp³-hybridized carbons (Fsp3) is 0.800. The highest BCUT2D eigenvalue weighted by molar-refractivity contribution is 5.92. The number of hydrogen-bond donors (Lipinski definition) is 1. The maximum Gasteiger partial charge on any atom is 0.217 e. The Bertz CT molecular complexity index is 260. The summed E-state index contributed by atoms with van der Waals surface area (Å²) >= 11 is 0. The average Bonchev–Trinajstić information content (AvgIpc) is 2.31. The van der Waals surface area contributed by atoms with Crippen molar-refractivity contribution in [2.24, 2.45) is 10.9 Å². The van der Waals surface area contributed by atoms with Crippen molar-refractivity contribution in [2.45, 2.75) is 45.2 Å². The summed E-state index contributed by atoms with van der Waals surface area (Å²) in [6.45, 7) is 3.74. The first kappa shape index (κ1) is 8.73. The molecule has 1 amide bonds. The van der Waals surface area contributed by atoms with Gasteiger partial charge in [-0.3, -0.25) is 9.79 Å². The molecule has 1 aliphatic carbocycles. The Kier molecular flexibility index (Phi) is 2.10. The third kappa shape index (κ3) is 1.47. The number of carbonyl (C=O) groups is 1. The van der Waals surface area contributed by atoms with E-state index in [0.717, 1.165) is 19.3 Å². The summed E-state index contributed by atoms with van der Waals surface area (Å²) in [4.78, 5) is 15.4. The van der Waals surface area contributed by atoms with Crippen molar-refractivity contribution < 1.29 is 4.79 Å². The normalized spacial score (nSPS) is 36.2. The van der Waals surface area contributed by atoms with Gasteiger partial charge < -0.3 is 5.32 Å². The lowest BCUT2D eigenvalue weighted by atomic mass is 9.89. The van der Waals surface area contributed by atoms with Crippen LogP contribution in [-0.4, -0.2) is 23.7 Å². The van der Waals surface area contributed by atoms with Gasteiger partial charge in [-0.2, -0.15) is 0 Å². The van der Waals surface area contributed by atoms with Gasteiger partial charge in [0, 0.05) is 24.6 Å². The van der Waals surface area contributed by atoms with Gasteiger partial charge in [0.05, 0.1) is 6.04 Å². The molecular formula is C10H16N2O. The van der Waals surface area contributed by atoms with Crippen molar-refractivity contribution >= 4 is 11.6 Å². The zero-order chi connectivity index (χ0) is 9.42. The van der Waals surface area contributed by atoms with Gasteiger partial charge in [0.25, 0.3) is 0 Å². The van der Waals surface area contributed by atoms with E-state index < -0.39 is 0 Å². The molecule has 3 nitrogen and oxygen atoms in total. The monoisotopic (exact) mass is 180 g/mol. The van der Waals surface area contributed by atoms with Crippen molar-refractivity contribution in [1.29, 1.82) is 0 Å². The van der Waals surface area contributed by atoms with Crippen molar-refractivity contribution in [3.8, 4) is 0 Å². The minimum Gasteiger partial charge on any atom is -0.354 e. The number of rotatable bonds is 2. The van der Waals surface area contributed by atoms with Crippen LogP contribution in [0.15, 0.2) is 4.99 Å². The smallest absolute Gasteiger partial charge is 0.217 e. The molecule has 0 aromatic carbocycles. The van der Waals surface area contributed by atoms with Crippen molar-refractivity contribution in [3.05, 3.63) is 0 Å². The van der Waals surface area contributed by atoms with Crippen LogP contribution < -0.4 is 5.32 Å². The maximum atomic E-state index is 10.8. The van der Waals surface area contributed by atoms with Crippen LogP contribution in [-0.2, 0) is 4.79 Å². The van der Waals surface area contributed by atoms with E-state index in [4.69, 9.17) is 0 Å². The average molecular weight is 180 g/mol. The summed E-state index contributed by atoms with van der Waals surface area (Å²) in [6, 6.07) is 0.895. The summed E-state index contributed by atoms with van der Waals surface area (Å²) in [5.41, 5.74) is 1.36. The Morgan fingerprint density at radius 2 is 2.38 bits per heavy atom. The molecule has 0 spiro atoms. The lowest BCUT2D eigenvalue weighted by molar-refractivity contribution is -0.119. The number of fused-ring (bicyclic) bond motifs is 1. The molecule has 3 unspecified atom stereocenters. The fourth-order valence-corrected chi connectivity index (χ4v) is 2.50. The largest absolute Gasteiger partial charge is 0.354 e. The van der Waals surface area contributed by atoms with E-state index in [1.165, 1.54) is 5.71 Å². The van der Waals surface area contributed by atoms with Crippen LogP contribution in [0.2, 0.25) is 0 Å². The molecule has 1 fully saturated rings. The Labute approximate surface area is 78.6 Å². The zero-order valence-corrected chi connectivity index (χ0v) is 8.21. The highest BCUT2D eigenvalue weighted by atomic mass is 16.1. The molecule has 3 heteroatoms. The van der Waals surface area contributed by atoms with Crippen molar-refractivity contribution in [3.63, 3.8) is 0 Å². The van der Waals surface area contributed by atoms with E-state index >= 15 is 0 Å². The summed E-state index contributed by atoms with van der Waals surface area (Å²) in [7, 11) is 0. The number of nitrogens with zero attached hydrogens (tertiary/aromatic N) is 1. The van der Waals surface area contributed by atoms with E-state index in [1.807, 2.05) is 0 Å². The number of carbonyl (C=O) groups excluding carboxylic acids is 1. The number of hydrogen-bond acceptors (Lipinski definition) is 2. The second-order valence-electron chi connectivity index (χ2n) is 4.02. The molecule has 0 radical (unpaired) electrons. The van der Waals surface area contributed by atoms with Crippen LogP contribution in [0.5, 0.6) is 0 Å². The van der Waals surface area contributed by atoms with E-state index in [-0.39, 0.29) is 5.91 Å².